The zero-order valence-corrected chi connectivity index (χ0v) is 31.6. The van der Waals surface area contributed by atoms with Gasteiger partial charge in [0.2, 0.25) is 0 Å². The molecule has 0 atom stereocenters. The Kier molecular flexibility index (Phi) is 7.14. The quantitative estimate of drug-likeness (QED) is 0.171. The van der Waals surface area contributed by atoms with Gasteiger partial charge in [-0.15, -0.1) is 11.3 Å². The summed E-state index contributed by atoms with van der Waals surface area (Å²) in [5.41, 5.74) is 13.6. The van der Waals surface area contributed by atoms with Crippen molar-refractivity contribution in [2.24, 2.45) is 0 Å². The maximum atomic E-state index is 2.47. The number of hydrogen-bond donors (Lipinski definition) is 0. The second-order valence-corrected chi connectivity index (χ2v) is 16.4. The summed E-state index contributed by atoms with van der Waals surface area (Å²) >= 11 is 1.89. The Morgan fingerprint density at radius 3 is 1.96 bits per heavy atom. The van der Waals surface area contributed by atoms with Gasteiger partial charge in [-0.2, -0.15) is 0 Å². The fraction of sp³-hybridized carbons (Fsp3) is 0.0566. The van der Waals surface area contributed by atoms with Gasteiger partial charge < -0.3 is 4.90 Å². The third-order valence-corrected chi connectivity index (χ3v) is 13.1. The van der Waals surface area contributed by atoms with E-state index in [1.165, 1.54) is 91.9 Å². The summed E-state index contributed by atoms with van der Waals surface area (Å²) in [5, 5.41) is 7.75. The molecule has 1 aliphatic carbocycles. The third-order valence-electron chi connectivity index (χ3n) is 11.8. The second kappa shape index (κ2) is 12.3. The summed E-state index contributed by atoms with van der Waals surface area (Å²) in [7, 11) is 0. The molecule has 0 unspecified atom stereocenters. The van der Waals surface area contributed by atoms with Crippen LogP contribution in [0, 0.1) is 0 Å². The smallest absolute Gasteiger partial charge is 0.0543 e. The number of rotatable bonds is 5. The fourth-order valence-electron chi connectivity index (χ4n) is 9.12. The van der Waals surface area contributed by atoms with Crippen LogP contribution in [0.15, 0.2) is 188 Å². The largest absolute Gasteiger partial charge is 0.310 e. The lowest BCUT2D eigenvalue weighted by molar-refractivity contribution is 0.660. The highest BCUT2D eigenvalue weighted by Gasteiger charge is 2.37. The molecule has 1 heterocycles. The van der Waals surface area contributed by atoms with E-state index in [9.17, 15) is 0 Å². The molecule has 1 aliphatic rings. The number of anilines is 3. The lowest BCUT2D eigenvalue weighted by Gasteiger charge is -2.29. The molecule has 1 nitrogen and oxygen atoms in total. The molecule has 0 saturated carbocycles. The molecule has 9 aromatic carbocycles. The molecular weight excluding hydrogens is 683 g/mol. The van der Waals surface area contributed by atoms with Gasteiger partial charge in [0.1, 0.15) is 0 Å². The molecule has 0 aliphatic heterocycles. The zero-order chi connectivity index (χ0) is 36.7. The molecule has 2 heteroatoms. The van der Waals surface area contributed by atoms with E-state index in [1.807, 2.05) is 11.3 Å². The summed E-state index contributed by atoms with van der Waals surface area (Å²) in [6.45, 7) is 4.72. The number of benzene rings is 9. The molecule has 0 saturated heterocycles. The van der Waals surface area contributed by atoms with Crippen molar-refractivity contribution in [1.82, 2.24) is 0 Å². The molecule has 0 spiro atoms. The first-order chi connectivity index (χ1) is 27.0. The fourth-order valence-corrected chi connectivity index (χ4v) is 10.3. The van der Waals surface area contributed by atoms with Crippen LogP contribution in [0.25, 0.3) is 75.1 Å². The van der Waals surface area contributed by atoms with Crippen LogP contribution in [0.1, 0.15) is 25.0 Å². The summed E-state index contributed by atoms with van der Waals surface area (Å²) in [6.07, 6.45) is 0. The molecule has 0 radical (unpaired) electrons. The first kappa shape index (κ1) is 32.0. The van der Waals surface area contributed by atoms with Gasteiger partial charge in [0.25, 0.3) is 0 Å². The van der Waals surface area contributed by atoms with E-state index in [-0.39, 0.29) is 5.41 Å². The number of nitrogens with zero attached hydrogens (tertiary/aromatic N) is 1. The highest BCUT2D eigenvalue weighted by molar-refractivity contribution is 7.26. The molecule has 0 amide bonds. The maximum Gasteiger partial charge on any atom is 0.0543 e. The van der Waals surface area contributed by atoms with Gasteiger partial charge in [0.15, 0.2) is 0 Å². The van der Waals surface area contributed by atoms with Crippen molar-refractivity contribution in [3.63, 3.8) is 0 Å². The van der Waals surface area contributed by atoms with Gasteiger partial charge in [-0.25, -0.2) is 0 Å². The minimum Gasteiger partial charge on any atom is -0.310 e. The highest BCUT2D eigenvalue weighted by Crippen LogP contribution is 2.54. The van der Waals surface area contributed by atoms with Gasteiger partial charge in [0.05, 0.1) is 5.69 Å². The number of thiophene rings is 1. The highest BCUT2D eigenvalue weighted by atomic mass is 32.1. The van der Waals surface area contributed by atoms with E-state index in [0.717, 1.165) is 11.4 Å². The van der Waals surface area contributed by atoms with Gasteiger partial charge in [-0.1, -0.05) is 153 Å². The summed E-state index contributed by atoms with van der Waals surface area (Å²) in [6, 6.07) is 69.6. The molecule has 10 aromatic rings. The normalized spacial score (nSPS) is 13.1. The van der Waals surface area contributed by atoms with E-state index in [0.29, 0.717) is 0 Å². The van der Waals surface area contributed by atoms with E-state index in [2.05, 4.69) is 207 Å². The van der Waals surface area contributed by atoms with Crippen molar-refractivity contribution in [1.29, 1.82) is 0 Å². The molecule has 0 bridgehead atoms. The molecule has 55 heavy (non-hydrogen) atoms. The van der Waals surface area contributed by atoms with Gasteiger partial charge in [0, 0.05) is 47.9 Å². The van der Waals surface area contributed by atoms with Crippen molar-refractivity contribution >= 4 is 70.1 Å². The minimum absolute atomic E-state index is 0.101. The predicted octanol–water partition coefficient (Wildman–Crippen LogP) is 15.5. The number of hydrogen-bond acceptors (Lipinski definition) is 2. The third kappa shape index (κ3) is 4.99. The van der Waals surface area contributed by atoms with Gasteiger partial charge in [-0.3, -0.25) is 0 Å². The standard InChI is InChI=1S/C53H37NS/c1-53(2)47-21-9-7-20-44(47)51-48(53)22-12-23-49(51)54(40-16-11-15-37(32-40)38-26-25-34-13-3-4-14-36(34)31-38)39-29-27-35(28-30-39)45-33-46-42-18-8-10-24-50(42)55-52(46)43-19-6-5-17-41(43)45/h3-33H,1-2H3. The first-order valence-corrected chi connectivity index (χ1v) is 19.9. The van der Waals surface area contributed by atoms with E-state index >= 15 is 0 Å². The number of fused-ring (bicyclic) bond motifs is 9. The molecule has 260 valence electrons. The van der Waals surface area contributed by atoms with Gasteiger partial charge in [-0.05, 0) is 104 Å². The maximum absolute atomic E-state index is 2.47. The average Bonchev–Trinajstić information content (AvgIpc) is 3.73. The molecule has 11 rings (SSSR count). The van der Waals surface area contributed by atoms with Gasteiger partial charge >= 0.3 is 0 Å². The lowest BCUT2D eigenvalue weighted by Crippen LogP contribution is -2.16. The second-order valence-electron chi connectivity index (χ2n) is 15.3. The zero-order valence-electron chi connectivity index (χ0n) is 30.8. The minimum atomic E-state index is -0.101. The summed E-state index contributed by atoms with van der Waals surface area (Å²) in [4.78, 5) is 2.47. The first-order valence-electron chi connectivity index (χ1n) is 19.1. The van der Waals surface area contributed by atoms with Crippen molar-refractivity contribution in [3.05, 3.63) is 199 Å². The molecule has 0 N–H and O–H groups in total. The van der Waals surface area contributed by atoms with Crippen LogP contribution in [-0.2, 0) is 5.41 Å². The van der Waals surface area contributed by atoms with E-state index in [4.69, 9.17) is 0 Å². The van der Waals surface area contributed by atoms with Crippen molar-refractivity contribution < 1.29 is 0 Å². The Morgan fingerprint density at radius 1 is 0.418 bits per heavy atom. The summed E-state index contributed by atoms with van der Waals surface area (Å²) in [5.74, 6) is 0. The Morgan fingerprint density at radius 2 is 1.09 bits per heavy atom. The Bertz CT molecular complexity index is 3130. The SMILES string of the molecule is CC1(C)c2ccccc2-c2c(N(c3ccc(-c4cc5c6ccccc6sc5c5ccccc45)cc3)c3cccc(-c4ccc5ccccc5c4)c3)cccc21. The van der Waals surface area contributed by atoms with Crippen molar-refractivity contribution in [3.8, 4) is 33.4 Å². The average molecular weight is 720 g/mol. The van der Waals surface area contributed by atoms with Crippen molar-refractivity contribution in [2.45, 2.75) is 19.3 Å². The Balaban J connectivity index is 1.10. The summed E-state index contributed by atoms with van der Waals surface area (Å²) < 4.78 is 2.69. The Hall–Kier alpha value is -6.48. The topological polar surface area (TPSA) is 3.24 Å². The Labute approximate surface area is 325 Å². The molecule has 1 aromatic heterocycles. The van der Waals surface area contributed by atoms with Crippen LogP contribution in [0.4, 0.5) is 17.1 Å². The predicted molar refractivity (Wildman–Crippen MR) is 237 cm³/mol. The van der Waals surface area contributed by atoms with Crippen LogP contribution in [0.3, 0.4) is 0 Å². The lowest BCUT2D eigenvalue weighted by atomic mass is 9.82. The monoisotopic (exact) mass is 719 g/mol. The van der Waals surface area contributed by atoms with Crippen LogP contribution in [-0.4, -0.2) is 0 Å². The van der Waals surface area contributed by atoms with Crippen molar-refractivity contribution in [2.75, 3.05) is 4.90 Å². The van der Waals surface area contributed by atoms with Crippen LogP contribution in [0.5, 0.6) is 0 Å². The van der Waals surface area contributed by atoms with Crippen LogP contribution in [0.2, 0.25) is 0 Å². The molecular formula is C53H37NS. The van der Waals surface area contributed by atoms with Crippen LogP contribution < -0.4 is 4.90 Å². The van der Waals surface area contributed by atoms with E-state index in [1.54, 1.807) is 0 Å². The van der Waals surface area contributed by atoms with E-state index < -0.39 is 0 Å². The molecule has 0 fully saturated rings. The van der Waals surface area contributed by atoms with Crippen LogP contribution >= 0.6 is 11.3 Å².